The first kappa shape index (κ1) is 22.7. The number of halogens is 1. The van der Waals surface area contributed by atoms with E-state index in [1.807, 2.05) is 35.1 Å². The summed E-state index contributed by atoms with van der Waals surface area (Å²) in [6.07, 6.45) is 5.75. The average Bonchev–Trinajstić information content (AvgIpc) is 3.43. The lowest BCUT2D eigenvalue weighted by molar-refractivity contribution is 0.171. The molecule has 0 aliphatic carbocycles. The van der Waals surface area contributed by atoms with Gasteiger partial charge in [-0.3, -0.25) is 4.98 Å². The third kappa shape index (κ3) is 4.44. The highest BCUT2D eigenvalue weighted by atomic mass is 19.1. The van der Waals surface area contributed by atoms with Crippen molar-refractivity contribution in [1.82, 2.24) is 29.9 Å². The van der Waals surface area contributed by atoms with E-state index in [0.29, 0.717) is 42.1 Å². The van der Waals surface area contributed by atoms with Gasteiger partial charge >= 0.3 is 0 Å². The zero-order valence-electron chi connectivity index (χ0n) is 20.1. The summed E-state index contributed by atoms with van der Waals surface area (Å²) < 4.78 is 33.1. The maximum absolute atomic E-state index is 14.6. The molecule has 1 fully saturated rings. The van der Waals surface area contributed by atoms with E-state index in [9.17, 15) is 4.39 Å². The summed E-state index contributed by atoms with van der Waals surface area (Å²) in [5.41, 5.74) is 3.60. The predicted molar refractivity (Wildman–Crippen MR) is 131 cm³/mol. The van der Waals surface area contributed by atoms with Crippen LogP contribution in [-0.2, 0) is 6.42 Å². The largest absolute Gasteiger partial charge is 0.486 e. The summed E-state index contributed by atoms with van der Waals surface area (Å²) >= 11 is 0. The maximum Gasteiger partial charge on any atom is 0.213 e. The number of benzene rings is 1. The van der Waals surface area contributed by atoms with Crippen LogP contribution < -0.4 is 14.2 Å². The molecular formula is C26H27FN6O3. The number of ether oxygens (including phenoxy) is 3. The molecule has 4 aromatic rings. The van der Waals surface area contributed by atoms with Gasteiger partial charge in [-0.25, -0.2) is 14.1 Å². The van der Waals surface area contributed by atoms with Gasteiger partial charge in [-0.1, -0.05) is 5.21 Å². The minimum Gasteiger partial charge on any atom is -0.486 e. The van der Waals surface area contributed by atoms with Gasteiger partial charge in [0, 0.05) is 36.8 Å². The number of aromatic nitrogens is 5. The number of nitrogens with zero attached hydrogens (tertiary/aromatic N) is 6. The fraction of sp³-hybridized carbons (Fsp3) is 0.385. The maximum atomic E-state index is 14.6. The third-order valence-electron chi connectivity index (χ3n) is 6.91. The van der Waals surface area contributed by atoms with E-state index in [-0.39, 0.29) is 11.9 Å². The molecule has 2 aliphatic rings. The fourth-order valence-corrected chi connectivity index (χ4v) is 4.90. The SMILES string of the molecule is COc1ccc2ncc(F)c(CCN3CCC(n4cc(-c5ccc6c(c5)OCCO6)nn4)CC3)c2n1. The minimum atomic E-state index is -0.326. The molecule has 10 heteroatoms. The van der Waals surface area contributed by atoms with Crippen LogP contribution in [0.4, 0.5) is 4.39 Å². The van der Waals surface area contributed by atoms with Crippen molar-refractivity contribution in [3.05, 3.63) is 54.1 Å². The quantitative estimate of drug-likeness (QED) is 0.405. The fourth-order valence-electron chi connectivity index (χ4n) is 4.90. The van der Waals surface area contributed by atoms with Crippen molar-refractivity contribution in [3.8, 4) is 28.6 Å². The second kappa shape index (κ2) is 9.69. The second-order valence-electron chi connectivity index (χ2n) is 9.07. The van der Waals surface area contributed by atoms with E-state index in [1.54, 1.807) is 13.2 Å². The normalized spacial score (nSPS) is 16.4. The predicted octanol–water partition coefficient (Wildman–Crippen LogP) is 3.69. The summed E-state index contributed by atoms with van der Waals surface area (Å²) in [6.45, 7) is 3.69. The van der Waals surface area contributed by atoms with Crippen molar-refractivity contribution in [1.29, 1.82) is 0 Å². The number of hydrogen-bond donors (Lipinski definition) is 0. The number of likely N-dealkylation sites (tertiary alicyclic amines) is 1. The van der Waals surface area contributed by atoms with E-state index >= 15 is 0 Å². The van der Waals surface area contributed by atoms with E-state index in [0.717, 1.165) is 55.2 Å². The number of piperidine rings is 1. The topological polar surface area (TPSA) is 87.4 Å². The van der Waals surface area contributed by atoms with E-state index < -0.39 is 0 Å². The molecule has 2 aliphatic heterocycles. The smallest absolute Gasteiger partial charge is 0.213 e. The number of methoxy groups -OCH3 is 1. The van der Waals surface area contributed by atoms with Crippen molar-refractivity contribution < 1.29 is 18.6 Å². The van der Waals surface area contributed by atoms with Crippen molar-refractivity contribution in [2.24, 2.45) is 0 Å². The molecular weight excluding hydrogens is 463 g/mol. The van der Waals surface area contributed by atoms with Crippen LogP contribution in [0.3, 0.4) is 0 Å². The summed E-state index contributed by atoms with van der Waals surface area (Å²) in [7, 11) is 1.55. The van der Waals surface area contributed by atoms with Crippen LogP contribution in [0.15, 0.2) is 42.7 Å². The van der Waals surface area contributed by atoms with Crippen LogP contribution in [-0.4, -0.2) is 69.8 Å². The molecule has 5 heterocycles. The monoisotopic (exact) mass is 490 g/mol. The first-order valence-electron chi connectivity index (χ1n) is 12.2. The van der Waals surface area contributed by atoms with Crippen molar-refractivity contribution >= 4 is 11.0 Å². The van der Waals surface area contributed by atoms with Gasteiger partial charge in [0.25, 0.3) is 0 Å². The first-order valence-corrected chi connectivity index (χ1v) is 12.2. The molecule has 3 aromatic heterocycles. The molecule has 36 heavy (non-hydrogen) atoms. The highest BCUT2D eigenvalue weighted by molar-refractivity contribution is 5.78. The van der Waals surface area contributed by atoms with Gasteiger partial charge < -0.3 is 19.1 Å². The summed E-state index contributed by atoms with van der Waals surface area (Å²) in [5.74, 6) is 1.64. The Balaban J connectivity index is 1.09. The van der Waals surface area contributed by atoms with Crippen LogP contribution in [0, 0.1) is 5.82 Å². The van der Waals surface area contributed by atoms with E-state index in [2.05, 4.69) is 25.2 Å². The number of hydrogen-bond acceptors (Lipinski definition) is 8. The zero-order chi connectivity index (χ0) is 24.5. The highest BCUT2D eigenvalue weighted by Crippen LogP contribution is 2.34. The van der Waals surface area contributed by atoms with Crippen molar-refractivity contribution in [2.75, 3.05) is 40.0 Å². The van der Waals surface area contributed by atoms with Gasteiger partial charge in [-0.15, -0.1) is 5.10 Å². The molecule has 1 saturated heterocycles. The average molecular weight is 491 g/mol. The lowest BCUT2D eigenvalue weighted by Crippen LogP contribution is -2.36. The second-order valence-corrected chi connectivity index (χ2v) is 9.07. The van der Waals surface area contributed by atoms with Crippen LogP contribution in [0.2, 0.25) is 0 Å². The van der Waals surface area contributed by atoms with Crippen molar-refractivity contribution in [2.45, 2.75) is 25.3 Å². The lowest BCUT2D eigenvalue weighted by Gasteiger charge is -2.31. The number of rotatable bonds is 6. The summed E-state index contributed by atoms with van der Waals surface area (Å²) in [6, 6.07) is 9.69. The standard InChI is InChI=1S/C26H27FN6O3/c1-34-25-5-3-21-26(29-25)19(20(27)15-28-21)8-11-32-9-6-18(7-10-32)33-16-22(30-31-33)17-2-4-23-24(14-17)36-13-12-35-23/h2-5,14-16,18H,6-13H2,1H3. The third-order valence-corrected chi connectivity index (χ3v) is 6.91. The van der Waals surface area contributed by atoms with Crippen LogP contribution in [0.25, 0.3) is 22.3 Å². The Morgan fingerprint density at radius 3 is 2.75 bits per heavy atom. The molecule has 0 amide bonds. The molecule has 0 unspecified atom stereocenters. The van der Waals surface area contributed by atoms with Gasteiger partial charge in [0.2, 0.25) is 5.88 Å². The molecule has 0 atom stereocenters. The lowest BCUT2D eigenvalue weighted by atomic mass is 10.0. The highest BCUT2D eigenvalue weighted by Gasteiger charge is 2.23. The summed E-state index contributed by atoms with van der Waals surface area (Å²) in [4.78, 5) is 11.0. The van der Waals surface area contributed by atoms with Gasteiger partial charge in [0.1, 0.15) is 24.7 Å². The van der Waals surface area contributed by atoms with E-state index in [4.69, 9.17) is 14.2 Å². The van der Waals surface area contributed by atoms with Crippen molar-refractivity contribution in [3.63, 3.8) is 0 Å². The first-order chi connectivity index (χ1) is 17.7. The Morgan fingerprint density at radius 2 is 1.92 bits per heavy atom. The number of fused-ring (bicyclic) bond motifs is 2. The van der Waals surface area contributed by atoms with Crippen LogP contribution in [0.1, 0.15) is 24.4 Å². The van der Waals surface area contributed by atoms with Gasteiger partial charge in [0.05, 0.1) is 36.6 Å². The molecule has 9 nitrogen and oxygen atoms in total. The Labute approximate surface area is 207 Å². The molecule has 0 spiro atoms. The van der Waals surface area contributed by atoms with Gasteiger partial charge in [-0.2, -0.15) is 0 Å². The Morgan fingerprint density at radius 1 is 1.08 bits per heavy atom. The number of pyridine rings is 2. The molecule has 186 valence electrons. The molecule has 0 bridgehead atoms. The van der Waals surface area contributed by atoms with Gasteiger partial charge in [0.15, 0.2) is 11.5 Å². The minimum absolute atomic E-state index is 0.282. The summed E-state index contributed by atoms with van der Waals surface area (Å²) in [5, 5.41) is 8.80. The van der Waals surface area contributed by atoms with Crippen LogP contribution in [0.5, 0.6) is 17.4 Å². The Hall–Kier alpha value is -3.79. The molecule has 1 aromatic carbocycles. The Kier molecular flexibility index (Phi) is 6.10. The molecule has 0 radical (unpaired) electrons. The van der Waals surface area contributed by atoms with E-state index in [1.165, 1.54) is 6.20 Å². The van der Waals surface area contributed by atoms with Gasteiger partial charge in [-0.05, 0) is 43.5 Å². The van der Waals surface area contributed by atoms with Crippen LogP contribution >= 0.6 is 0 Å². The Bertz CT molecular complexity index is 1390. The zero-order valence-corrected chi connectivity index (χ0v) is 20.1. The molecule has 6 rings (SSSR count). The molecule has 0 saturated carbocycles. The molecule has 0 N–H and O–H groups in total.